The highest BCUT2D eigenvalue weighted by Crippen LogP contribution is 2.24. The van der Waals surface area contributed by atoms with Crippen molar-refractivity contribution < 1.29 is 17.9 Å². The lowest BCUT2D eigenvalue weighted by Gasteiger charge is -2.27. The van der Waals surface area contributed by atoms with E-state index >= 15 is 0 Å². The van der Waals surface area contributed by atoms with Gasteiger partial charge in [0, 0.05) is 18.7 Å². The SMILES string of the molecule is Cc1ccc(S(=O)(=O)Nc2cccc(C)c2C)cc1C(=O)N1CCOCC1. The van der Waals surface area contributed by atoms with Gasteiger partial charge in [0.2, 0.25) is 0 Å². The van der Waals surface area contributed by atoms with E-state index in [2.05, 4.69) is 4.72 Å². The van der Waals surface area contributed by atoms with Crippen molar-refractivity contribution in [3.8, 4) is 0 Å². The monoisotopic (exact) mass is 388 g/mol. The van der Waals surface area contributed by atoms with Gasteiger partial charge >= 0.3 is 0 Å². The van der Waals surface area contributed by atoms with Crippen molar-refractivity contribution >= 4 is 21.6 Å². The maximum absolute atomic E-state index is 12.9. The molecular weight excluding hydrogens is 364 g/mol. The van der Waals surface area contributed by atoms with E-state index in [1.54, 1.807) is 17.0 Å². The van der Waals surface area contributed by atoms with Gasteiger partial charge in [-0.2, -0.15) is 0 Å². The second kappa shape index (κ2) is 7.70. The summed E-state index contributed by atoms with van der Waals surface area (Å²) < 4.78 is 33.7. The molecule has 0 aromatic heterocycles. The van der Waals surface area contributed by atoms with Crippen LogP contribution < -0.4 is 4.72 Å². The Kier molecular flexibility index (Phi) is 5.53. The quantitative estimate of drug-likeness (QED) is 0.874. The fraction of sp³-hybridized carbons (Fsp3) is 0.350. The molecule has 1 amide bonds. The first-order valence-corrected chi connectivity index (χ1v) is 10.3. The third-order valence-corrected chi connectivity index (χ3v) is 6.26. The van der Waals surface area contributed by atoms with Crippen LogP contribution in [0.2, 0.25) is 0 Å². The lowest BCUT2D eigenvalue weighted by Crippen LogP contribution is -2.41. The molecule has 0 aliphatic carbocycles. The Morgan fingerprint density at radius 3 is 2.44 bits per heavy atom. The highest BCUT2D eigenvalue weighted by molar-refractivity contribution is 7.92. The van der Waals surface area contributed by atoms with Gasteiger partial charge in [-0.1, -0.05) is 18.2 Å². The molecule has 3 rings (SSSR count). The normalized spacial score (nSPS) is 14.9. The Bertz CT molecular complexity index is 964. The molecule has 0 unspecified atom stereocenters. The maximum atomic E-state index is 12.9. The van der Waals surface area contributed by atoms with E-state index in [1.807, 2.05) is 32.9 Å². The van der Waals surface area contributed by atoms with Crippen molar-refractivity contribution in [2.24, 2.45) is 0 Å². The number of anilines is 1. The Morgan fingerprint density at radius 2 is 1.74 bits per heavy atom. The van der Waals surface area contributed by atoms with Gasteiger partial charge in [0.15, 0.2) is 0 Å². The van der Waals surface area contributed by atoms with Gasteiger partial charge in [-0.3, -0.25) is 9.52 Å². The number of rotatable bonds is 4. The van der Waals surface area contributed by atoms with Crippen molar-refractivity contribution in [2.45, 2.75) is 25.7 Å². The zero-order chi connectivity index (χ0) is 19.6. The topological polar surface area (TPSA) is 75.7 Å². The number of ether oxygens (including phenoxy) is 1. The molecule has 7 heteroatoms. The van der Waals surface area contributed by atoms with Crippen molar-refractivity contribution in [2.75, 3.05) is 31.0 Å². The van der Waals surface area contributed by atoms with Crippen LogP contribution in [0.5, 0.6) is 0 Å². The first kappa shape index (κ1) is 19.4. The number of nitrogens with one attached hydrogen (secondary N) is 1. The Balaban J connectivity index is 1.92. The first-order chi connectivity index (χ1) is 12.8. The lowest BCUT2D eigenvalue weighted by atomic mass is 10.1. The third-order valence-electron chi connectivity index (χ3n) is 4.90. The van der Waals surface area contributed by atoms with E-state index in [9.17, 15) is 13.2 Å². The molecule has 2 aromatic rings. The van der Waals surface area contributed by atoms with Crippen LogP contribution in [0.4, 0.5) is 5.69 Å². The number of hydrogen-bond acceptors (Lipinski definition) is 4. The van der Waals surface area contributed by atoms with Gasteiger partial charge in [-0.05, 0) is 55.7 Å². The molecule has 144 valence electrons. The predicted octanol–water partition coefficient (Wildman–Crippen LogP) is 2.89. The van der Waals surface area contributed by atoms with E-state index in [4.69, 9.17) is 4.74 Å². The summed E-state index contributed by atoms with van der Waals surface area (Å²) in [6.07, 6.45) is 0. The molecule has 0 spiro atoms. The van der Waals surface area contributed by atoms with Crippen LogP contribution in [0.25, 0.3) is 0 Å². The molecule has 1 aliphatic heterocycles. The minimum Gasteiger partial charge on any atom is -0.378 e. The highest BCUT2D eigenvalue weighted by Gasteiger charge is 2.23. The molecule has 0 bridgehead atoms. The number of aryl methyl sites for hydroxylation is 2. The van der Waals surface area contributed by atoms with Gasteiger partial charge in [-0.15, -0.1) is 0 Å². The second-order valence-corrected chi connectivity index (χ2v) is 8.42. The first-order valence-electron chi connectivity index (χ1n) is 8.86. The summed E-state index contributed by atoms with van der Waals surface area (Å²) in [5.41, 5.74) is 3.56. The molecule has 1 N–H and O–H groups in total. The van der Waals surface area contributed by atoms with Gasteiger partial charge in [0.25, 0.3) is 15.9 Å². The summed E-state index contributed by atoms with van der Waals surface area (Å²) in [5.74, 6) is -0.167. The Hall–Kier alpha value is -2.38. The highest BCUT2D eigenvalue weighted by atomic mass is 32.2. The number of carbonyl (C=O) groups excluding carboxylic acids is 1. The lowest BCUT2D eigenvalue weighted by molar-refractivity contribution is 0.0302. The summed E-state index contributed by atoms with van der Waals surface area (Å²) in [6.45, 7) is 7.62. The summed E-state index contributed by atoms with van der Waals surface area (Å²) in [5, 5.41) is 0. The standard InChI is InChI=1S/C20H24N2O4S/c1-14-5-4-6-19(16(14)3)21-27(24,25)17-8-7-15(2)18(13-17)20(23)22-9-11-26-12-10-22/h4-8,13,21H,9-12H2,1-3H3. The van der Waals surface area contributed by atoms with E-state index in [-0.39, 0.29) is 10.8 Å². The number of amides is 1. The van der Waals surface area contributed by atoms with Crippen LogP contribution in [-0.4, -0.2) is 45.5 Å². The molecule has 0 radical (unpaired) electrons. The van der Waals surface area contributed by atoms with Crippen LogP contribution in [0, 0.1) is 20.8 Å². The Morgan fingerprint density at radius 1 is 1.04 bits per heavy atom. The van der Waals surface area contributed by atoms with Crippen molar-refractivity contribution in [1.82, 2.24) is 4.90 Å². The number of morpholine rings is 1. The van der Waals surface area contributed by atoms with E-state index in [0.717, 1.165) is 16.7 Å². The number of hydrogen-bond donors (Lipinski definition) is 1. The van der Waals surface area contributed by atoms with Crippen LogP contribution in [0.3, 0.4) is 0 Å². The predicted molar refractivity (Wildman–Crippen MR) is 105 cm³/mol. The summed E-state index contributed by atoms with van der Waals surface area (Å²) in [4.78, 5) is 14.6. The van der Waals surface area contributed by atoms with E-state index < -0.39 is 10.0 Å². The minimum absolute atomic E-state index is 0.0746. The summed E-state index contributed by atoms with van der Waals surface area (Å²) in [6, 6.07) is 10.1. The summed E-state index contributed by atoms with van der Waals surface area (Å²) >= 11 is 0. The smallest absolute Gasteiger partial charge is 0.261 e. The fourth-order valence-corrected chi connectivity index (χ4v) is 4.15. The van der Waals surface area contributed by atoms with Crippen molar-refractivity contribution in [3.63, 3.8) is 0 Å². The van der Waals surface area contributed by atoms with E-state index in [1.165, 1.54) is 12.1 Å². The number of nitrogens with zero attached hydrogens (tertiary/aromatic N) is 1. The number of sulfonamides is 1. The van der Waals surface area contributed by atoms with Crippen molar-refractivity contribution in [3.05, 3.63) is 58.7 Å². The average molecular weight is 388 g/mol. The molecule has 6 nitrogen and oxygen atoms in total. The summed E-state index contributed by atoms with van der Waals surface area (Å²) in [7, 11) is -3.80. The molecular formula is C20H24N2O4S. The fourth-order valence-electron chi connectivity index (χ4n) is 3.00. The minimum atomic E-state index is -3.80. The largest absolute Gasteiger partial charge is 0.378 e. The molecule has 27 heavy (non-hydrogen) atoms. The van der Waals surface area contributed by atoms with Gasteiger partial charge in [-0.25, -0.2) is 8.42 Å². The third kappa shape index (κ3) is 4.14. The average Bonchev–Trinajstić information content (AvgIpc) is 2.66. The van der Waals surface area contributed by atoms with Crippen LogP contribution >= 0.6 is 0 Å². The Labute approximate surface area is 160 Å². The maximum Gasteiger partial charge on any atom is 0.261 e. The van der Waals surface area contributed by atoms with Gasteiger partial charge in [0.1, 0.15) is 0 Å². The molecule has 1 fully saturated rings. The van der Waals surface area contributed by atoms with Crippen molar-refractivity contribution in [1.29, 1.82) is 0 Å². The van der Waals surface area contributed by atoms with E-state index in [0.29, 0.717) is 37.6 Å². The van der Waals surface area contributed by atoms with Crippen LogP contribution in [0.15, 0.2) is 41.3 Å². The van der Waals surface area contributed by atoms with Gasteiger partial charge in [0.05, 0.1) is 23.8 Å². The van der Waals surface area contributed by atoms with Crippen LogP contribution in [0.1, 0.15) is 27.0 Å². The molecule has 1 aliphatic rings. The molecule has 0 atom stereocenters. The number of carbonyl (C=O) groups is 1. The zero-order valence-corrected chi connectivity index (χ0v) is 16.6. The molecule has 1 saturated heterocycles. The number of benzene rings is 2. The van der Waals surface area contributed by atoms with Crippen LogP contribution in [-0.2, 0) is 14.8 Å². The second-order valence-electron chi connectivity index (χ2n) is 6.73. The molecule has 1 heterocycles. The molecule has 2 aromatic carbocycles. The van der Waals surface area contributed by atoms with Gasteiger partial charge < -0.3 is 9.64 Å². The molecule has 0 saturated carbocycles. The zero-order valence-electron chi connectivity index (χ0n) is 15.8.